The van der Waals surface area contributed by atoms with Crippen LogP contribution in [0, 0.1) is 0 Å². The summed E-state index contributed by atoms with van der Waals surface area (Å²) in [5, 5.41) is 13.2. The Hall–Kier alpha value is -3.34. The van der Waals surface area contributed by atoms with Crippen LogP contribution in [0.4, 0.5) is 0 Å². The lowest BCUT2D eigenvalue weighted by Gasteiger charge is -2.06. The van der Waals surface area contributed by atoms with Crippen LogP contribution in [0.3, 0.4) is 0 Å². The molecule has 2 heterocycles. The molecule has 0 radical (unpaired) electrons. The van der Waals surface area contributed by atoms with Gasteiger partial charge in [0, 0.05) is 52.5 Å². The molecule has 0 aliphatic rings. The summed E-state index contributed by atoms with van der Waals surface area (Å²) in [6.45, 7) is 0. The average Bonchev–Trinajstić information content (AvgIpc) is 3.53. The van der Waals surface area contributed by atoms with E-state index in [1.807, 2.05) is 22.7 Å². The van der Waals surface area contributed by atoms with E-state index in [-0.39, 0.29) is 0 Å². The summed E-state index contributed by atoms with van der Waals surface area (Å²) in [4.78, 5) is 0. The SMILES string of the molecule is COc1ccc2c3sc4c(sc5c6ccc(OC)c7cccc(c76)c54)c3c3cccc1c23. The fraction of sp³-hybridized carbons (Fsp3) is 0.0714. The highest BCUT2D eigenvalue weighted by Gasteiger charge is 2.24. The number of hydrogen-bond acceptors (Lipinski definition) is 4. The van der Waals surface area contributed by atoms with Crippen molar-refractivity contribution in [1.82, 2.24) is 0 Å². The molecule has 2 nitrogen and oxygen atoms in total. The number of methoxy groups -OCH3 is 2. The minimum absolute atomic E-state index is 0.945. The Kier molecular flexibility index (Phi) is 3.08. The largest absolute Gasteiger partial charge is 0.496 e. The lowest BCUT2D eigenvalue weighted by Crippen LogP contribution is -1.84. The van der Waals surface area contributed by atoms with E-state index in [9.17, 15) is 0 Å². The van der Waals surface area contributed by atoms with Gasteiger partial charge in [-0.2, -0.15) is 0 Å². The third kappa shape index (κ3) is 1.80. The molecule has 0 saturated carbocycles. The zero-order valence-electron chi connectivity index (χ0n) is 17.4. The number of benzene rings is 4. The summed E-state index contributed by atoms with van der Waals surface area (Å²) in [5.41, 5.74) is 0. The van der Waals surface area contributed by atoms with Crippen LogP contribution in [0.5, 0.6) is 11.5 Å². The van der Waals surface area contributed by atoms with Crippen molar-refractivity contribution in [2.75, 3.05) is 14.2 Å². The Morgan fingerprint density at radius 3 is 1.31 bits per heavy atom. The van der Waals surface area contributed by atoms with Crippen molar-refractivity contribution in [2.24, 2.45) is 0 Å². The maximum Gasteiger partial charge on any atom is 0.126 e. The lowest BCUT2D eigenvalue weighted by molar-refractivity contribution is 0.420. The highest BCUT2D eigenvalue weighted by atomic mass is 32.1. The third-order valence-electron chi connectivity index (χ3n) is 6.99. The second-order valence-electron chi connectivity index (χ2n) is 8.36. The molecule has 4 heteroatoms. The summed E-state index contributed by atoms with van der Waals surface area (Å²) in [7, 11) is 3.51. The number of hydrogen-bond donors (Lipinski definition) is 0. The van der Waals surface area contributed by atoms with Gasteiger partial charge in [-0.15, -0.1) is 22.7 Å². The Bertz CT molecular complexity index is 1860. The highest BCUT2D eigenvalue weighted by molar-refractivity contribution is 7.38. The molecule has 0 N–H and O–H groups in total. The summed E-state index contributed by atoms with van der Waals surface area (Å²) in [6, 6.07) is 21.9. The maximum atomic E-state index is 5.66. The van der Waals surface area contributed by atoms with Gasteiger partial charge in [-0.3, -0.25) is 0 Å². The van der Waals surface area contributed by atoms with Gasteiger partial charge in [0.15, 0.2) is 0 Å². The molecule has 0 bridgehead atoms. The summed E-state index contributed by atoms with van der Waals surface area (Å²) >= 11 is 3.89. The number of fused-ring (bicyclic) bond motifs is 9. The van der Waals surface area contributed by atoms with Gasteiger partial charge in [0.1, 0.15) is 11.5 Å². The molecule has 6 aromatic carbocycles. The normalized spacial score (nSPS) is 12.7. The van der Waals surface area contributed by atoms with Crippen molar-refractivity contribution in [3.05, 3.63) is 60.7 Å². The molecule has 0 amide bonds. The van der Waals surface area contributed by atoms with E-state index in [0.717, 1.165) is 11.5 Å². The predicted molar refractivity (Wildman–Crippen MR) is 140 cm³/mol. The van der Waals surface area contributed by atoms with Gasteiger partial charge in [0.25, 0.3) is 0 Å². The fourth-order valence-electron chi connectivity index (χ4n) is 5.71. The van der Waals surface area contributed by atoms with E-state index in [1.54, 1.807) is 14.2 Å². The van der Waals surface area contributed by atoms with Crippen LogP contribution < -0.4 is 9.47 Å². The van der Waals surface area contributed by atoms with Gasteiger partial charge in [-0.05, 0) is 35.0 Å². The van der Waals surface area contributed by atoms with Crippen LogP contribution >= 0.6 is 22.7 Å². The second kappa shape index (κ2) is 5.71. The zero-order valence-corrected chi connectivity index (χ0v) is 19.0. The molecule has 0 fully saturated rings. The molecule has 0 unspecified atom stereocenters. The van der Waals surface area contributed by atoms with E-state index in [2.05, 4.69) is 60.7 Å². The summed E-state index contributed by atoms with van der Waals surface area (Å²) in [5.74, 6) is 1.89. The Labute approximate surface area is 190 Å². The molecule has 32 heavy (non-hydrogen) atoms. The molecule has 8 aromatic rings. The first-order valence-electron chi connectivity index (χ1n) is 10.6. The maximum absolute atomic E-state index is 5.66. The van der Waals surface area contributed by atoms with Crippen LogP contribution in [-0.4, -0.2) is 14.2 Å². The quantitative estimate of drug-likeness (QED) is 0.263. The van der Waals surface area contributed by atoms with Crippen LogP contribution in [0.1, 0.15) is 0 Å². The second-order valence-corrected chi connectivity index (χ2v) is 10.4. The lowest BCUT2D eigenvalue weighted by atomic mass is 10.1. The van der Waals surface area contributed by atoms with E-state index in [0.29, 0.717) is 0 Å². The minimum atomic E-state index is 0.945. The molecule has 152 valence electrons. The first-order chi connectivity index (χ1) is 15.8. The standard InChI is InChI=1S/C28H16O2S2/c1-29-19-11-9-17-21-13(19)5-3-7-15(21)23-25(17)31-28-24-16-8-4-6-14-20(30-2)12-10-18(22(14)16)26(24)32-27(23)28/h3-12H,1-2H3. The molecule has 0 spiro atoms. The van der Waals surface area contributed by atoms with Gasteiger partial charge in [-0.1, -0.05) is 36.4 Å². The van der Waals surface area contributed by atoms with Crippen molar-refractivity contribution < 1.29 is 9.47 Å². The highest BCUT2D eigenvalue weighted by Crippen LogP contribution is 2.55. The smallest absolute Gasteiger partial charge is 0.126 e. The number of ether oxygens (including phenoxy) is 2. The van der Waals surface area contributed by atoms with Crippen LogP contribution in [0.25, 0.3) is 72.7 Å². The van der Waals surface area contributed by atoms with Gasteiger partial charge >= 0.3 is 0 Å². The monoisotopic (exact) mass is 448 g/mol. The van der Waals surface area contributed by atoms with Crippen molar-refractivity contribution in [3.8, 4) is 11.5 Å². The number of thiophene rings is 2. The average molecular weight is 449 g/mol. The molecule has 0 saturated heterocycles. The Morgan fingerprint density at radius 1 is 0.438 bits per heavy atom. The molecule has 8 rings (SSSR count). The van der Waals surface area contributed by atoms with Crippen molar-refractivity contribution in [3.63, 3.8) is 0 Å². The van der Waals surface area contributed by atoms with Crippen LogP contribution in [0.2, 0.25) is 0 Å². The van der Waals surface area contributed by atoms with E-state index < -0.39 is 0 Å². The molecule has 0 aliphatic heterocycles. The molecule has 0 aliphatic carbocycles. The first-order valence-corrected chi connectivity index (χ1v) is 12.2. The minimum Gasteiger partial charge on any atom is -0.496 e. The molecule has 0 atom stereocenters. The van der Waals surface area contributed by atoms with E-state index in [4.69, 9.17) is 9.47 Å². The third-order valence-corrected chi connectivity index (χ3v) is 9.60. The van der Waals surface area contributed by atoms with Crippen LogP contribution in [-0.2, 0) is 0 Å². The summed E-state index contributed by atoms with van der Waals surface area (Å²) in [6.07, 6.45) is 0. The van der Waals surface area contributed by atoms with Crippen molar-refractivity contribution in [1.29, 1.82) is 0 Å². The number of rotatable bonds is 2. The molecular weight excluding hydrogens is 432 g/mol. The van der Waals surface area contributed by atoms with Crippen molar-refractivity contribution >= 4 is 95.3 Å². The van der Waals surface area contributed by atoms with Gasteiger partial charge < -0.3 is 9.47 Å². The molecule has 2 aromatic heterocycles. The Morgan fingerprint density at radius 2 is 0.875 bits per heavy atom. The molecular formula is C28H16O2S2. The Balaban J connectivity index is 1.62. The van der Waals surface area contributed by atoms with E-state index >= 15 is 0 Å². The van der Waals surface area contributed by atoms with Gasteiger partial charge in [0.05, 0.1) is 23.6 Å². The first kappa shape index (κ1) is 17.2. The van der Waals surface area contributed by atoms with Crippen molar-refractivity contribution in [2.45, 2.75) is 0 Å². The van der Waals surface area contributed by atoms with E-state index in [1.165, 1.54) is 72.7 Å². The van der Waals surface area contributed by atoms with Gasteiger partial charge in [-0.25, -0.2) is 0 Å². The van der Waals surface area contributed by atoms with Crippen LogP contribution in [0.15, 0.2) is 60.7 Å². The zero-order chi connectivity index (χ0) is 21.1. The topological polar surface area (TPSA) is 18.5 Å². The van der Waals surface area contributed by atoms with Gasteiger partial charge in [0.2, 0.25) is 0 Å². The predicted octanol–water partition coefficient (Wildman–Crippen LogP) is 8.77. The fourth-order valence-corrected chi connectivity index (χ4v) is 8.71. The summed E-state index contributed by atoms with van der Waals surface area (Å²) < 4.78 is 16.9.